The van der Waals surface area contributed by atoms with Gasteiger partial charge in [0, 0.05) is 6.04 Å². The number of fused-ring (bicyclic) bond motifs is 5. The Bertz CT molecular complexity index is 841. The molecule has 3 aliphatic rings. The minimum absolute atomic E-state index is 0.164. The van der Waals surface area contributed by atoms with Gasteiger partial charge in [-0.2, -0.15) is 5.26 Å². The van der Waals surface area contributed by atoms with E-state index in [1.807, 2.05) is 6.07 Å². The second-order valence-corrected chi connectivity index (χ2v) is 10.2. The van der Waals surface area contributed by atoms with Crippen LogP contribution in [-0.4, -0.2) is 26.1 Å². The molecule has 0 heterocycles. The van der Waals surface area contributed by atoms with Gasteiger partial charge in [0.15, 0.2) is 9.84 Å². The lowest BCUT2D eigenvalue weighted by Gasteiger charge is -2.32. The lowest BCUT2D eigenvalue weighted by atomic mass is 9.79. The molecule has 6 heteroatoms. The maximum Gasteiger partial charge on any atom is 0.235 e. The molecule has 1 amide bonds. The number of carbonyl (C=O) groups is 1. The Labute approximate surface area is 154 Å². The Morgan fingerprint density at radius 1 is 1.12 bits per heavy atom. The van der Waals surface area contributed by atoms with Crippen LogP contribution in [-0.2, 0) is 20.4 Å². The van der Waals surface area contributed by atoms with Crippen LogP contribution in [0.25, 0.3) is 0 Å². The van der Waals surface area contributed by atoms with Crippen LogP contribution in [0, 0.1) is 35.0 Å². The zero-order chi connectivity index (χ0) is 18.3. The quantitative estimate of drug-likeness (QED) is 0.860. The second-order valence-electron chi connectivity index (χ2n) is 8.17. The molecule has 4 rings (SSSR count). The normalized spacial score (nSPS) is 32.2. The summed E-state index contributed by atoms with van der Waals surface area (Å²) in [4.78, 5) is 12.3. The lowest BCUT2D eigenvalue weighted by molar-refractivity contribution is -0.119. The first kappa shape index (κ1) is 17.5. The average Bonchev–Trinajstić information content (AvgIpc) is 3.27. The third kappa shape index (κ3) is 3.37. The highest BCUT2D eigenvalue weighted by Crippen LogP contribution is 2.58. The van der Waals surface area contributed by atoms with Gasteiger partial charge in [0.2, 0.25) is 5.91 Å². The van der Waals surface area contributed by atoms with Crippen LogP contribution in [0.5, 0.6) is 0 Å². The van der Waals surface area contributed by atoms with Crippen LogP contribution in [0.1, 0.15) is 43.2 Å². The summed E-state index contributed by atoms with van der Waals surface area (Å²) in [7, 11) is -3.52. The van der Waals surface area contributed by atoms with Crippen molar-refractivity contribution in [3.05, 3.63) is 35.4 Å². The average molecular weight is 372 g/mol. The van der Waals surface area contributed by atoms with E-state index < -0.39 is 15.6 Å². The number of carbonyl (C=O) groups excluding carboxylic acids is 1. The Morgan fingerprint density at radius 2 is 1.85 bits per heavy atom. The molecule has 2 bridgehead atoms. The standard InChI is InChI=1S/C20H24N2O3S/c21-10-13-4-6-14(7-5-13)11-26(24,25)12-20(23)22-19-9-15-8-18(19)17-3-1-2-16(15)17/h4-7,15-19H,1-3,8-9,11-12H2,(H,22,23). The van der Waals surface area contributed by atoms with E-state index in [1.54, 1.807) is 24.3 Å². The van der Waals surface area contributed by atoms with Gasteiger partial charge in [0.25, 0.3) is 0 Å². The second kappa shape index (κ2) is 6.70. The molecule has 0 aliphatic heterocycles. The van der Waals surface area contributed by atoms with E-state index in [2.05, 4.69) is 5.32 Å². The molecule has 1 aromatic carbocycles. The fourth-order valence-corrected chi connectivity index (χ4v) is 6.95. The molecule has 138 valence electrons. The maximum atomic E-state index is 12.4. The Balaban J connectivity index is 1.33. The Kier molecular flexibility index (Phi) is 4.52. The predicted molar refractivity (Wildman–Crippen MR) is 97.6 cm³/mol. The highest BCUT2D eigenvalue weighted by atomic mass is 32.2. The molecule has 5 unspecified atom stereocenters. The fraction of sp³-hybridized carbons (Fsp3) is 0.600. The fourth-order valence-electron chi connectivity index (χ4n) is 5.66. The van der Waals surface area contributed by atoms with Crippen molar-refractivity contribution >= 4 is 15.7 Å². The molecule has 26 heavy (non-hydrogen) atoms. The summed E-state index contributed by atoms with van der Waals surface area (Å²) >= 11 is 0. The lowest BCUT2D eigenvalue weighted by Crippen LogP contribution is -2.44. The number of nitrogens with one attached hydrogen (secondary N) is 1. The molecule has 1 N–H and O–H groups in total. The first-order valence-electron chi connectivity index (χ1n) is 9.44. The maximum absolute atomic E-state index is 12.4. The molecular formula is C20H24N2O3S. The van der Waals surface area contributed by atoms with E-state index in [0.717, 1.165) is 24.2 Å². The molecule has 1 aromatic rings. The van der Waals surface area contributed by atoms with Crippen molar-refractivity contribution in [2.75, 3.05) is 5.75 Å². The number of amides is 1. The smallest absolute Gasteiger partial charge is 0.235 e. The topological polar surface area (TPSA) is 87.0 Å². The van der Waals surface area contributed by atoms with Gasteiger partial charge in [-0.15, -0.1) is 0 Å². The third-order valence-electron chi connectivity index (χ3n) is 6.60. The van der Waals surface area contributed by atoms with Gasteiger partial charge in [-0.05, 0) is 67.1 Å². The Hall–Kier alpha value is -1.87. The summed E-state index contributed by atoms with van der Waals surface area (Å²) in [5, 5.41) is 11.8. The SMILES string of the molecule is N#Cc1ccc(CS(=O)(=O)CC(=O)NC2CC3CC2C2CCCC32)cc1. The number of hydrogen-bond donors (Lipinski definition) is 1. The van der Waals surface area contributed by atoms with Gasteiger partial charge in [0.05, 0.1) is 17.4 Å². The van der Waals surface area contributed by atoms with Gasteiger partial charge in [-0.25, -0.2) is 8.42 Å². The molecular weight excluding hydrogens is 348 g/mol. The van der Waals surface area contributed by atoms with Crippen molar-refractivity contribution in [3.63, 3.8) is 0 Å². The molecule has 5 atom stereocenters. The van der Waals surface area contributed by atoms with E-state index in [9.17, 15) is 13.2 Å². The molecule has 0 radical (unpaired) electrons. The number of benzene rings is 1. The van der Waals surface area contributed by atoms with Crippen molar-refractivity contribution in [2.45, 2.75) is 43.9 Å². The molecule has 3 aliphatic carbocycles. The van der Waals surface area contributed by atoms with Crippen molar-refractivity contribution in [3.8, 4) is 6.07 Å². The van der Waals surface area contributed by atoms with Crippen LogP contribution >= 0.6 is 0 Å². The summed E-state index contributed by atoms with van der Waals surface area (Å²) in [6.07, 6.45) is 6.15. The van der Waals surface area contributed by atoms with Crippen molar-refractivity contribution in [2.24, 2.45) is 23.7 Å². The number of nitrogens with zero attached hydrogens (tertiary/aromatic N) is 1. The highest BCUT2D eigenvalue weighted by Gasteiger charge is 2.54. The minimum atomic E-state index is -3.52. The monoisotopic (exact) mass is 372 g/mol. The van der Waals surface area contributed by atoms with Gasteiger partial charge < -0.3 is 5.32 Å². The molecule has 0 spiro atoms. The van der Waals surface area contributed by atoms with E-state index in [4.69, 9.17) is 5.26 Å². The van der Waals surface area contributed by atoms with Gasteiger partial charge in [-0.3, -0.25) is 4.79 Å². The largest absolute Gasteiger partial charge is 0.352 e. The first-order chi connectivity index (χ1) is 12.4. The van der Waals surface area contributed by atoms with Gasteiger partial charge in [0.1, 0.15) is 5.75 Å². The first-order valence-corrected chi connectivity index (χ1v) is 11.3. The summed E-state index contributed by atoms with van der Waals surface area (Å²) in [6.45, 7) is 0. The number of nitriles is 1. The summed E-state index contributed by atoms with van der Waals surface area (Å²) in [5.41, 5.74) is 1.09. The van der Waals surface area contributed by atoms with Crippen molar-refractivity contribution < 1.29 is 13.2 Å². The summed E-state index contributed by atoms with van der Waals surface area (Å²) < 4.78 is 24.7. The van der Waals surface area contributed by atoms with Crippen molar-refractivity contribution in [1.29, 1.82) is 5.26 Å². The van der Waals surface area contributed by atoms with Crippen LogP contribution in [0.15, 0.2) is 24.3 Å². The van der Waals surface area contributed by atoms with Gasteiger partial charge in [-0.1, -0.05) is 18.6 Å². The van der Waals surface area contributed by atoms with Crippen LogP contribution in [0.4, 0.5) is 0 Å². The molecule has 3 fully saturated rings. The summed E-state index contributed by atoms with van der Waals surface area (Å²) in [6, 6.07) is 8.62. The minimum Gasteiger partial charge on any atom is -0.352 e. The Morgan fingerprint density at radius 3 is 2.58 bits per heavy atom. The highest BCUT2D eigenvalue weighted by molar-refractivity contribution is 7.91. The zero-order valence-electron chi connectivity index (χ0n) is 14.7. The van der Waals surface area contributed by atoms with E-state index >= 15 is 0 Å². The molecule has 3 saturated carbocycles. The van der Waals surface area contributed by atoms with Crippen LogP contribution in [0.3, 0.4) is 0 Å². The number of rotatable bonds is 5. The zero-order valence-corrected chi connectivity index (χ0v) is 15.5. The molecule has 0 aromatic heterocycles. The van der Waals surface area contributed by atoms with Crippen LogP contribution in [0.2, 0.25) is 0 Å². The van der Waals surface area contributed by atoms with E-state index in [-0.39, 0.29) is 17.7 Å². The third-order valence-corrected chi connectivity index (χ3v) is 8.07. The van der Waals surface area contributed by atoms with Crippen LogP contribution < -0.4 is 5.32 Å². The number of sulfone groups is 1. The molecule has 0 saturated heterocycles. The predicted octanol–water partition coefficient (Wildman–Crippen LogP) is 2.41. The van der Waals surface area contributed by atoms with E-state index in [0.29, 0.717) is 17.0 Å². The number of hydrogen-bond acceptors (Lipinski definition) is 4. The van der Waals surface area contributed by atoms with E-state index in [1.165, 1.54) is 25.7 Å². The summed E-state index contributed by atoms with van der Waals surface area (Å²) in [5.74, 6) is 1.88. The van der Waals surface area contributed by atoms with Gasteiger partial charge >= 0.3 is 0 Å². The molecule has 5 nitrogen and oxygen atoms in total. The van der Waals surface area contributed by atoms with Crippen molar-refractivity contribution in [1.82, 2.24) is 5.32 Å².